The van der Waals surface area contributed by atoms with Crippen LogP contribution in [-0.4, -0.2) is 47.3 Å². The number of furan rings is 1. The Morgan fingerprint density at radius 1 is 1.27 bits per heavy atom. The van der Waals surface area contributed by atoms with Crippen molar-refractivity contribution in [1.29, 1.82) is 0 Å². The average Bonchev–Trinajstić information content (AvgIpc) is 3.35. The lowest BCUT2D eigenvalue weighted by Crippen LogP contribution is -2.41. The molecule has 160 valence electrons. The highest BCUT2D eigenvalue weighted by molar-refractivity contribution is 7.99. The number of carbonyl (C=O) groups excluding carboxylic acids is 3. The van der Waals surface area contributed by atoms with E-state index >= 15 is 0 Å². The first-order chi connectivity index (χ1) is 14.5. The molecule has 1 aliphatic carbocycles. The second-order valence-electron chi connectivity index (χ2n) is 7.75. The van der Waals surface area contributed by atoms with E-state index in [0.29, 0.717) is 23.1 Å². The molecule has 1 aromatic heterocycles. The third kappa shape index (κ3) is 4.33. The Hall–Kier alpha value is -2.48. The number of thioether (sulfide) groups is 1. The van der Waals surface area contributed by atoms with E-state index in [4.69, 9.17) is 9.15 Å². The molecule has 0 spiro atoms. The van der Waals surface area contributed by atoms with Crippen molar-refractivity contribution >= 4 is 40.6 Å². The van der Waals surface area contributed by atoms with Crippen molar-refractivity contribution in [2.45, 2.75) is 56.1 Å². The Bertz CT molecular complexity index is 950. The normalized spacial score (nSPS) is 18.4. The first-order valence-electron chi connectivity index (χ1n) is 10.5. The summed E-state index contributed by atoms with van der Waals surface area (Å²) in [7, 11) is 0. The maximum absolute atomic E-state index is 12.9. The summed E-state index contributed by atoms with van der Waals surface area (Å²) < 4.78 is 11.2. The zero-order valence-corrected chi connectivity index (χ0v) is 17.8. The predicted octanol–water partition coefficient (Wildman–Crippen LogP) is 4.10. The van der Waals surface area contributed by atoms with Gasteiger partial charge in [-0.1, -0.05) is 37.5 Å². The molecule has 7 nitrogen and oxygen atoms in total. The quantitative estimate of drug-likeness (QED) is 0.694. The van der Waals surface area contributed by atoms with Crippen molar-refractivity contribution in [2.75, 3.05) is 13.1 Å². The Morgan fingerprint density at radius 3 is 2.77 bits per heavy atom. The highest BCUT2D eigenvalue weighted by Crippen LogP contribution is 2.35. The maximum Gasteiger partial charge on any atom is 0.375 e. The molecule has 1 saturated heterocycles. The van der Waals surface area contributed by atoms with Gasteiger partial charge in [-0.3, -0.25) is 9.69 Å². The van der Waals surface area contributed by atoms with E-state index in [0.717, 1.165) is 15.8 Å². The van der Waals surface area contributed by atoms with Crippen molar-refractivity contribution in [3.63, 3.8) is 0 Å². The average molecular weight is 431 g/mol. The topological polar surface area (TPSA) is 88.8 Å². The first-order valence-corrected chi connectivity index (χ1v) is 11.5. The predicted molar refractivity (Wildman–Crippen MR) is 114 cm³/mol. The lowest BCUT2D eigenvalue weighted by atomic mass is 10.0. The van der Waals surface area contributed by atoms with Gasteiger partial charge in [-0.25, -0.2) is 9.59 Å². The molecule has 30 heavy (non-hydrogen) atoms. The first kappa shape index (κ1) is 20.8. The zero-order valence-electron chi connectivity index (χ0n) is 17.0. The van der Waals surface area contributed by atoms with Gasteiger partial charge < -0.3 is 14.5 Å². The Balaban J connectivity index is 1.51. The van der Waals surface area contributed by atoms with Crippen LogP contribution in [0.25, 0.3) is 11.0 Å². The van der Waals surface area contributed by atoms with E-state index < -0.39 is 24.0 Å². The van der Waals surface area contributed by atoms with E-state index in [-0.39, 0.29) is 12.3 Å². The second kappa shape index (κ2) is 9.12. The van der Waals surface area contributed by atoms with Crippen LogP contribution in [0.5, 0.6) is 0 Å². The smallest absolute Gasteiger partial charge is 0.375 e. The van der Waals surface area contributed by atoms with E-state index in [2.05, 4.69) is 5.32 Å². The van der Waals surface area contributed by atoms with Gasteiger partial charge in [-0.15, -0.1) is 0 Å². The number of rotatable bonds is 6. The molecule has 1 saturated carbocycles. The maximum atomic E-state index is 12.9. The molecule has 2 aromatic rings. The number of benzene rings is 1. The van der Waals surface area contributed by atoms with Gasteiger partial charge in [0.05, 0.1) is 0 Å². The summed E-state index contributed by atoms with van der Waals surface area (Å²) in [5, 5.41) is 4.05. The molecule has 1 atom stereocenters. The number of fused-ring (bicyclic) bond motifs is 1. The number of urea groups is 1. The molecule has 2 aliphatic rings. The van der Waals surface area contributed by atoms with Gasteiger partial charge in [0, 0.05) is 35.0 Å². The van der Waals surface area contributed by atoms with Crippen LogP contribution in [-0.2, 0) is 15.3 Å². The van der Waals surface area contributed by atoms with Gasteiger partial charge in [-0.05, 0) is 25.8 Å². The van der Waals surface area contributed by atoms with Gasteiger partial charge in [0.25, 0.3) is 5.91 Å². The Kier molecular flexibility index (Phi) is 6.32. The summed E-state index contributed by atoms with van der Waals surface area (Å²) in [6.07, 6.45) is 5.12. The van der Waals surface area contributed by atoms with Gasteiger partial charge in [0.2, 0.25) is 5.76 Å². The van der Waals surface area contributed by atoms with Crippen molar-refractivity contribution in [2.24, 2.45) is 0 Å². The van der Waals surface area contributed by atoms with Crippen LogP contribution in [0.15, 0.2) is 28.7 Å². The van der Waals surface area contributed by atoms with Crippen LogP contribution >= 0.6 is 11.8 Å². The minimum absolute atomic E-state index is 0.144. The van der Waals surface area contributed by atoms with Gasteiger partial charge in [0.15, 0.2) is 6.10 Å². The van der Waals surface area contributed by atoms with Crippen LogP contribution in [0.2, 0.25) is 0 Å². The van der Waals surface area contributed by atoms with Gasteiger partial charge in [-0.2, -0.15) is 11.8 Å². The van der Waals surface area contributed by atoms with E-state index in [1.807, 2.05) is 36.0 Å². The standard InChI is InChI=1S/C22H26N2O5S/c1-14(20(25)24-12-11-23-22(24)27)28-21(26)19-17(13-30-15-7-3-2-4-8-15)16-9-5-6-10-18(16)29-19/h5-6,9-10,14-15H,2-4,7-8,11-13H2,1H3,(H,23,27). The highest BCUT2D eigenvalue weighted by Gasteiger charge is 2.33. The van der Waals surface area contributed by atoms with Crippen LogP contribution in [0.3, 0.4) is 0 Å². The number of esters is 1. The van der Waals surface area contributed by atoms with Crippen molar-refractivity contribution in [3.8, 4) is 0 Å². The molecule has 8 heteroatoms. The summed E-state index contributed by atoms with van der Waals surface area (Å²) >= 11 is 1.85. The lowest BCUT2D eigenvalue weighted by Gasteiger charge is -2.21. The minimum Gasteiger partial charge on any atom is -0.449 e. The molecule has 1 aliphatic heterocycles. The summed E-state index contributed by atoms with van der Waals surface area (Å²) in [4.78, 5) is 38.1. The summed E-state index contributed by atoms with van der Waals surface area (Å²) in [5.74, 6) is -0.410. The van der Waals surface area contributed by atoms with E-state index in [9.17, 15) is 14.4 Å². The summed E-state index contributed by atoms with van der Waals surface area (Å²) in [6, 6.07) is 7.08. The summed E-state index contributed by atoms with van der Waals surface area (Å²) in [6.45, 7) is 2.15. The van der Waals surface area contributed by atoms with Gasteiger partial charge >= 0.3 is 12.0 Å². The SMILES string of the molecule is CC(OC(=O)c1oc2ccccc2c1CSC1CCCCC1)C(=O)N1CCNC1=O. The number of nitrogens with zero attached hydrogens (tertiary/aromatic N) is 1. The molecular weight excluding hydrogens is 404 g/mol. The molecule has 0 radical (unpaired) electrons. The second-order valence-corrected chi connectivity index (χ2v) is 9.03. The number of ether oxygens (including phenoxy) is 1. The largest absolute Gasteiger partial charge is 0.449 e. The van der Waals surface area contributed by atoms with Crippen LogP contribution in [0, 0.1) is 0 Å². The molecule has 1 aromatic carbocycles. The fraction of sp³-hybridized carbons (Fsp3) is 0.500. The molecule has 0 bridgehead atoms. The summed E-state index contributed by atoms with van der Waals surface area (Å²) in [5.41, 5.74) is 1.44. The van der Waals surface area contributed by atoms with Crippen molar-refractivity contribution < 1.29 is 23.5 Å². The number of imide groups is 1. The van der Waals surface area contributed by atoms with Crippen molar-refractivity contribution in [3.05, 3.63) is 35.6 Å². The number of para-hydroxylation sites is 1. The molecule has 1 N–H and O–H groups in total. The minimum atomic E-state index is -1.08. The monoisotopic (exact) mass is 430 g/mol. The number of nitrogens with one attached hydrogen (secondary N) is 1. The van der Waals surface area contributed by atoms with Crippen molar-refractivity contribution in [1.82, 2.24) is 10.2 Å². The molecule has 2 heterocycles. The highest BCUT2D eigenvalue weighted by atomic mass is 32.2. The molecule has 3 amide bonds. The van der Waals surface area contributed by atoms with Crippen LogP contribution in [0.1, 0.15) is 55.1 Å². The van der Waals surface area contributed by atoms with Crippen LogP contribution < -0.4 is 5.32 Å². The molecule has 2 fully saturated rings. The van der Waals surface area contributed by atoms with Gasteiger partial charge in [0.1, 0.15) is 5.58 Å². The Morgan fingerprint density at radius 2 is 2.03 bits per heavy atom. The number of carbonyl (C=O) groups is 3. The number of amides is 3. The van der Waals surface area contributed by atoms with Crippen LogP contribution in [0.4, 0.5) is 4.79 Å². The fourth-order valence-corrected chi connectivity index (χ4v) is 5.36. The third-order valence-electron chi connectivity index (χ3n) is 5.65. The number of hydrogen-bond donors (Lipinski definition) is 1. The lowest BCUT2D eigenvalue weighted by molar-refractivity contribution is -0.136. The molecular formula is C22H26N2O5S. The Labute approximate surface area is 179 Å². The number of hydrogen-bond acceptors (Lipinski definition) is 6. The third-order valence-corrected chi connectivity index (χ3v) is 7.05. The van der Waals surface area contributed by atoms with E-state index in [1.165, 1.54) is 39.0 Å². The fourth-order valence-electron chi connectivity index (χ4n) is 4.01. The van der Waals surface area contributed by atoms with E-state index in [1.54, 1.807) is 0 Å². The molecule has 4 rings (SSSR count). The molecule has 1 unspecified atom stereocenters. The zero-order chi connectivity index (χ0) is 21.1.